The molecule has 0 radical (unpaired) electrons. The molecule has 0 fully saturated rings. The predicted octanol–water partition coefficient (Wildman–Crippen LogP) is 3.40. The van der Waals surface area contributed by atoms with Crippen molar-refractivity contribution >= 4 is 29.3 Å². The highest BCUT2D eigenvalue weighted by Crippen LogP contribution is 2.20. The van der Waals surface area contributed by atoms with Crippen LogP contribution in [0.25, 0.3) is 0 Å². The SMILES string of the molecule is CSCc1ccc(C(=O)Nc2ccc(C)cc2C(=O)O)o1. The first-order valence-electron chi connectivity index (χ1n) is 6.24. The number of furan rings is 1. The van der Waals surface area contributed by atoms with E-state index in [-0.39, 0.29) is 17.0 Å². The van der Waals surface area contributed by atoms with E-state index in [0.29, 0.717) is 11.5 Å². The van der Waals surface area contributed by atoms with Crippen molar-refractivity contribution in [2.24, 2.45) is 0 Å². The Morgan fingerprint density at radius 3 is 2.71 bits per heavy atom. The lowest BCUT2D eigenvalue weighted by Gasteiger charge is -2.08. The van der Waals surface area contributed by atoms with Crippen molar-refractivity contribution in [1.29, 1.82) is 0 Å². The number of carboxylic acids is 1. The number of thioether (sulfide) groups is 1. The molecule has 0 saturated carbocycles. The maximum Gasteiger partial charge on any atom is 0.337 e. The summed E-state index contributed by atoms with van der Waals surface area (Å²) in [6.07, 6.45) is 1.94. The maximum absolute atomic E-state index is 12.1. The fraction of sp³-hybridized carbons (Fsp3) is 0.200. The Morgan fingerprint density at radius 1 is 1.29 bits per heavy atom. The van der Waals surface area contributed by atoms with Gasteiger partial charge in [-0.3, -0.25) is 4.79 Å². The number of carbonyl (C=O) groups excluding carboxylic acids is 1. The number of hydrogen-bond acceptors (Lipinski definition) is 4. The number of aryl methyl sites for hydroxylation is 1. The summed E-state index contributed by atoms with van der Waals surface area (Å²) in [6.45, 7) is 1.79. The number of nitrogens with one attached hydrogen (secondary N) is 1. The van der Waals surface area contributed by atoms with Crippen LogP contribution in [-0.2, 0) is 5.75 Å². The monoisotopic (exact) mass is 305 g/mol. The number of rotatable bonds is 5. The van der Waals surface area contributed by atoms with E-state index in [1.165, 1.54) is 6.07 Å². The van der Waals surface area contributed by atoms with Crippen LogP contribution in [0.2, 0.25) is 0 Å². The van der Waals surface area contributed by atoms with E-state index in [1.54, 1.807) is 43.0 Å². The van der Waals surface area contributed by atoms with E-state index in [9.17, 15) is 14.7 Å². The number of hydrogen-bond donors (Lipinski definition) is 2. The molecule has 0 bridgehead atoms. The van der Waals surface area contributed by atoms with Gasteiger partial charge in [-0.25, -0.2) is 4.79 Å². The molecule has 2 N–H and O–H groups in total. The molecule has 1 heterocycles. The molecular weight excluding hydrogens is 290 g/mol. The fourth-order valence-corrected chi connectivity index (χ4v) is 2.29. The molecule has 21 heavy (non-hydrogen) atoms. The van der Waals surface area contributed by atoms with Crippen molar-refractivity contribution in [3.8, 4) is 0 Å². The highest BCUT2D eigenvalue weighted by atomic mass is 32.2. The van der Waals surface area contributed by atoms with Crippen molar-refractivity contribution in [3.05, 3.63) is 53.0 Å². The van der Waals surface area contributed by atoms with Gasteiger partial charge in [0.2, 0.25) is 0 Å². The lowest BCUT2D eigenvalue weighted by molar-refractivity contribution is 0.0698. The minimum atomic E-state index is -1.09. The summed E-state index contributed by atoms with van der Waals surface area (Å²) in [5.41, 5.74) is 1.12. The van der Waals surface area contributed by atoms with Crippen LogP contribution in [0.1, 0.15) is 32.2 Å². The van der Waals surface area contributed by atoms with Crippen LogP contribution in [0, 0.1) is 6.92 Å². The van der Waals surface area contributed by atoms with Crippen molar-refractivity contribution in [2.75, 3.05) is 11.6 Å². The van der Waals surface area contributed by atoms with Crippen LogP contribution < -0.4 is 5.32 Å². The van der Waals surface area contributed by atoms with Crippen LogP contribution >= 0.6 is 11.8 Å². The molecule has 2 aromatic rings. The first-order valence-corrected chi connectivity index (χ1v) is 7.63. The van der Waals surface area contributed by atoms with E-state index in [2.05, 4.69) is 5.32 Å². The third kappa shape index (κ3) is 3.66. The van der Waals surface area contributed by atoms with Gasteiger partial charge in [0.1, 0.15) is 5.76 Å². The number of aromatic carboxylic acids is 1. The molecule has 6 heteroatoms. The van der Waals surface area contributed by atoms with Gasteiger partial charge in [0, 0.05) is 0 Å². The van der Waals surface area contributed by atoms with Crippen molar-refractivity contribution in [1.82, 2.24) is 0 Å². The third-order valence-corrected chi connectivity index (χ3v) is 3.40. The summed E-state index contributed by atoms with van der Waals surface area (Å²) in [7, 11) is 0. The second-order valence-corrected chi connectivity index (χ2v) is 5.37. The standard InChI is InChI=1S/C15H15NO4S/c1-9-3-5-12(11(7-9)15(18)19)16-14(17)13-6-4-10(20-13)8-21-2/h3-7H,8H2,1-2H3,(H,16,17)(H,18,19). The molecule has 1 aromatic heterocycles. The second-order valence-electron chi connectivity index (χ2n) is 4.51. The van der Waals surface area contributed by atoms with Crippen LogP contribution in [0.5, 0.6) is 0 Å². The molecule has 0 unspecified atom stereocenters. The Morgan fingerprint density at radius 2 is 2.05 bits per heavy atom. The maximum atomic E-state index is 12.1. The second kappa shape index (κ2) is 6.49. The fourth-order valence-electron chi connectivity index (χ4n) is 1.85. The summed E-state index contributed by atoms with van der Waals surface area (Å²) in [5, 5.41) is 11.7. The Hall–Kier alpha value is -2.21. The highest BCUT2D eigenvalue weighted by Gasteiger charge is 2.16. The molecule has 5 nitrogen and oxygen atoms in total. The van der Waals surface area contributed by atoms with Gasteiger partial charge in [0.15, 0.2) is 5.76 Å². The Bertz CT molecular complexity index is 678. The van der Waals surface area contributed by atoms with Gasteiger partial charge in [-0.1, -0.05) is 11.6 Å². The number of amides is 1. The molecule has 0 aliphatic heterocycles. The minimum absolute atomic E-state index is 0.0549. The average Bonchev–Trinajstić information content (AvgIpc) is 2.89. The quantitative estimate of drug-likeness (QED) is 0.885. The Balaban J connectivity index is 2.20. The molecule has 2 rings (SSSR count). The zero-order valence-corrected chi connectivity index (χ0v) is 12.5. The molecule has 0 saturated heterocycles. The molecule has 0 spiro atoms. The van der Waals surface area contributed by atoms with Gasteiger partial charge < -0.3 is 14.8 Å². The molecule has 1 aromatic carbocycles. The van der Waals surface area contributed by atoms with Crippen LogP contribution in [0.15, 0.2) is 34.7 Å². The minimum Gasteiger partial charge on any atom is -0.478 e. The van der Waals surface area contributed by atoms with Crippen LogP contribution in [0.3, 0.4) is 0 Å². The Kier molecular flexibility index (Phi) is 4.70. The summed E-state index contributed by atoms with van der Waals surface area (Å²) in [4.78, 5) is 23.3. The first kappa shape index (κ1) is 15.2. The third-order valence-electron chi connectivity index (χ3n) is 2.83. The van der Waals surface area contributed by atoms with Gasteiger partial charge in [0.05, 0.1) is 17.0 Å². The molecule has 110 valence electrons. The van der Waals surface area contributed by atoms with Crippen LogP contribution in [-0.4, -0.2) is 23.2 Å². The molecule has 0 aliphatic rings. The average molecular weight is 305 g/mol. The summed E-state index contributed by atoms with van der Waals surface area (Å²) >= 11 is 1.59. The van der Waals surface area contributed by atoms with Crippen molar-refractivity contribution in [3.63, 3.8) is 0 Å². The lowest BCUT2D eigenvalue weighted by atomic mass is 10.1. The summed E-state index contributed by atoms with van der Waals surface area (Å²) < 4.78 is 5.40. The normalized spacial score (nSPS) is 10.4. The van der Waals surface area contributed by atoms with Gasteiger partial charge in [-0.15, -0.1) is 0 Å². The predicted molar refractivity (Wildman–Crippen MR) is 82.0 cm³/mol. The number of anilines is 1. The van der Waals surface area contributed by atoms with Gasteiger partial charge in [0.25, 0.3) is 5.91 Å². The molecule has 0 atom stereocenters. The van der Waals surface area contributed by atoms with E-state index < -0.39 is 11.9 Å². The first-order chi connectivity index (χ1) is 10.0. The van der Waals surface area contributed by atoms with Gasteiger partial charge in [-0.05, 0) is 37.4 Å². The zero-order valence-electron chi connectivity index (χ0n) is 11.7. The molecule has 0 aliphatic carbocycles. The van der Waals surface area contributed by atoms with E-state index >= 15 is 0 Å². The van der Waals surface area contributed by atoms with E-state index in [4.69, 9.17) is 4.42 Å². The van der Waals surface area contributed by atoms with Crippen LogP contribution in [0.4, 0.5) is 5.69 Å². The highest BCUT2D eigenvalue weighted by molar-refractivity contribution is 7.97. The number of carboxylic acid groups (broad SMARTS) is 1. The smallest absolute Gasteiger partial charge is 0.337 e. The molecule has 1 amide bonds. The van der Waals surface area contributed by atoms with Crippen molar-refractivity contribution < 1.29 is 19.1 Å². The lowest BCUT2D eigenvalue weighted by Crippen LogP contribution is -2.14. The van der Waals surface area contributed by atoms with E-state index in [1.807, 2.05) is 6.26 Å². The van der Waals surface area contributed by atoms with E-state index in [0.717, 1.165) is 5.56 Å². The largest absolute Gasteiger partial charge is 0.478 e. The van der Waals surface area contributed by atoms with Gasteiger partial charge in [-0.2, -0.15) is 11.8 Å². The van der Waals surface area contributed by atoms with Crippen molar-refractivity contribution in [2.45, 2.75) is 12.7 Å². The number of carbonyl (C=O) groups is 2. The topological polar surface area (TPSA) is 79.5 Å². The zero-order chi connectivity index (χ0) is 15.4. The number of benzene rings is 1. The molecular formula is C15H15NO4S. The Labute approximate surface area is 126 Å². The summed E-state index contributed by atoms with van der Waals surface area (Å²) in [5.74, 6) is -0.00532. The van der Waals surface area contributed by atoms with Gasteiger partial charge >= 0.3 is 5.97 Å². The summed E-state index contributed by atoms with van der Waals surface area (Å²) in [6, 6.07) is 8.14.